The quantitative estimate of drug-likeness (QED) is 0.0891. The number of amides is 2. The molecule has 15 rings (SSSR count). The molecule has 0 spiro atoms. The summed E-state index contributed by atoms with van der Waals surface area (Å²) in [6, 6.07) is 53.0. The number of nitrogens with one attached hydrogen (secondary N) is 5. The summed E-state index contributed by atoms with van der Waals surface area (Å²) < 4.78 is 0. The number of hydrogen-bond donors (Lipinski definition) is 5. The molecule has 5 N–H and O–H groups in total. The van der Waals surface area contributed by atoms with E-state index in [0.717, 1.165) is 100 Å². The van der Waals surface area contributed by atoms with Crippen LogP contribution in [0.5, 0.6) is 0 Å². The Balaban J connectivity index is 0.787. The highest BCUT2D eigenvalue weighted by atomic mass is 16.2. The molecular formula is C75H54N6O6. The minimum absolute atomic E-state index is 0.0802. The lowest BCUT2D eigenvalue weighted by atomic mass is 9.72. The van der Waals surface area contributed by atoms with Crippen LogP contribution < -0.4 is 26.6 Å². The van der Waals surface area contributed by atoms with E-state index < -0.39 is 11.8 Å². The fourth-order valence-electron chi connectivity index (χ4n) is 13.4. The van der Waals surface area contributed by atoms with Crippen molar-refractivity contribution in [3.05, 3.63) is 323 Å². The lowest BCUT2D eigenvalue weighted by Gasteiger charge is -2.28. The van der Waals surface area contributed by atoms with Gasteiger partial charge < -0.3 is 25.9 Å². The SMILES string of the molecule is Cc1ccc(NC(=O)c2ccc(/C3=c4\cc/c([nH]4)=C(\c4ccc(C)cc4)C4=N/C(=C(/c5ccc(C(=O)NCc6ccc7c(c6)C(=O)C6=C(C7=O)C7CC6C6=C7C(=O)C=CC6=O)cc5)c5ccc([nH]5)/C(c5ccc(C)cc5)=C5/C=CC3N5)C=C4)cc2)cc1. The maximum Gasteiger partial charge on any atom is 0.255 e. The van der Waals surface area contributed by atoms with Gasteiger partial charge >= 0.3 is 0 Å². The molecule has 6 aromatic carbocycles. The molecule has 7 aliphatic rings. The first-order valence-electron chi connectivity index (χ1n) is 29.1. The molecule has 3 aliphatic heterocycles. The number of H-pyrrole nitrogens is 2. The van der Waals surface area contributed by atoms with Crippen molar-refractivity contribution in [1.82, 2.24) is 20.6 Å². The molecule has 3 unspecified atom stereocenters. The van der Waals surface area contributed by atoms with Crippen molar-refractivity contribution in [1.29, 1.82) is 0 Å². The van der Waals surface area contributed by atoms with Crippen molar-refractivity contribution in [2.45, 2.75) is 39.8 Å². The van der Waals surface area contributed by atoms with Gasteiger partial charge in [0.05, 0.1) is 17.5 Å². The van der Waals surface area contributed by atoms with Crippen LogP contribution in [0.1, 0.15) is 104 Å². The van der Waals surface area contributed by atoms with Crippen molar-refractivity contribution < 1.29 is 28.8 Å². The highest BCUT2D eigenvalue weighted by Gasteiger charge is 2.55. The second-order valence-corrected chi connectivity index (χ2v) is 23.2. The number of aryl methyl sites for hydroxylation is 3. The van der Waals surface area contributed by atoms with Gasteiger partial charge in [-0.3, -0.25) is 28.8 Å². The third kappa shape index (κ3) is 9.03. The van der Waals surface area contributed by atoms with E-state index in [4.69, 9.17) is 4.99 Å². The van der Waals surface area contributed by atoms with Crippen LogP contribution in [-0.4, -0.2) is 56.7 Å². The van der Waals surface area contributed by atoms with E-state index in [1.807, 2.05) is 79.7 Å². The van der Waals surface area contributed by atoms with Crippen LogP contribution in [0, 0.1) is 32.6 Å². The number of carbonyl (C=O) groups excluding carboxylic acids is 6. The largest absolute Gasteiger partial charge is 0.374 e. The molecule has 5 heterocycles. The van der Waals surface area contributed by atoms with E-state index in [-0.39, 0.29) is 58.7 Å². The van der Waals surface area contributed by atoms with Gasteiger partial charge in [-0.2, -0.15) is 0 Å². The monoisotopic (exact) mass is 1130 g/mol. The van der Waals surface area contributed by atoms with E-state index in [2.05, 4.69) is 125 Å². The number of aromatic amines is 2. The molecule has 0 saturated carbocycles. The molecule has 4 aliphatic carbocycles. The molecule has 420 valence electrons. The van der Waals surface area contributed by atoms with Crippen molar-refractivity contribution in [3.63, 3.8) is 0 Å². The number of aliphatic imine (C=N–C) groups is 1. The Morgan fingerprint density at radius 3 is 1.70 bits per heavy atom. The number of carbonyl (C=O) groups is 6. The van der Waals surface area contributed by atoms with Gasteiger partial charge in [0.1, 0.15) is 0 Å². The van der Waals surface area contributed by atoms with Crippen LogP contribution in [0.25, 0.3) is 22.3 Å². The number of rotatable bonds is 9. The van der Waals surface area contributed by atoms with E-state index in [9.17, 15) is 28.8 Å². The zero-order chi connectivity index (χ0) is 59.4. The zero-order valence-electron chi connectivity index (χ0n) is 47.6. The molecule has 87 heavy (non-hydrogen) atoms. The van der Waals surface area contributed by atoms with Crippen LogP contribution in [0.15, 0.2) is 239 Å². The van der Waals surface area contributed by atoms with Gasteiger partial charge in [-0.15, -0.1) is 0 Å². The molecule has 12 nitrogen and oxygen atoms in total. The van der Waals surface area contributed by atoms with Gasteiger partial charge in [-0.25, -0.2) is 4.99 Å². The highest BCUT2D eigenvalue weighted by molar-refractivity contribution is 6.32. The maximum atomic E-state index is 14.2. The Hall–Kier alpha value is -11.1. The molecule has 2 aromatic heterocycles. The average Bonchev–Trinajstić information content (AvgIpc) is 1.58. The molecule has 0 saturated heterocycles. The summed E-state index contributed by atoms with van der Waals surface area (Å²) in [5, 5.41) is 11.7. The Labute approximate surface area is 500 Å². The standard InChI is InChI=1S/C75H54N6O6/c1-39-4-11-43(12-5-39)64-54-26-30-58(78-54)66(45-15-19-47(20-16-45)74(86)76-38-42-10-25-50-51(36-42)73(85)71-53-37-52(70(71)72(50)84)68-62(82)34-35-63(83)69(53)68)59-31-27-55(79-59)65(44-13-6-40(2)7-14-44)57-29-33-61(81-57)67(60-32-28-56(64)80-60)46-17-21-48(22-18-46)75(87)77-49-23-8-41(3)9-24-49/h4-36,52-53,60,78,80-81H,37-38H2,1-3H3,(H,76,86)(H,77,87)/b64-56-,65-57-,66-59-,67-61-. The summed E-state index contributed by atoms with van der Waals surface area (Å²) in [6.07, 6.45) is 11.3. The van der Waals surface area contributed by atoms with E-state index in [1.54, 1.807) is 30.3 Å². The summed E-state index contributed by atoms with van der Waals surface area (Å²) in [5.41, 5.74) is 19.0. The summed E-state index contributed by atoms with van der Waals surface area (Å²) >= 11 is 0. The predicted octanol–water partition coefficient (Wildman–Crippen LogP) is 10.9. The first-order valence-corrected chi connectivity index (χ1v) is 29.1. The fraction of sp³-hybridized carbons (Fsp3) is 0.107. The number of aromatic nitrogens is 2. The van der Waals surface area contributed by atoms with Crippen LogP contribution in [0.2, 0.25) is 0 Å². The maximum absolute atomic E-state index is 14.2. The van der Waals surface area contributed by atoms with Gasteiger partial charge in [0.2, 0.25) is 0 Å². The van der Waals surface area contributed by atoms with Crippen molar-refractivity contribution in [2.24, 2.45) is 16.8 Å². The highest BCUT2D eigenvalue weighted by Crippen LogP contribution is 2.56. The molecular weight excluding hydrogens is 1080 g/mol. The van der Waals surface area contributed by atoms with Crippen molar-refractivity contribution in [3.8, 4) is 0 Å². The fourth-order valence-corrected chi connectivity index (χ4v) is 13.4. The molecule has 12 heteroatoms. The lowest BCUT2D eigenvalue weighted by Crippen LogP contribution is -2.31. The smallest absolute Gasteiger partial charge is 0.255 e. The van der Waals surface area contributed by atoms with Crippen molar-refractivity contribution >= 4 is 68.6 Å². The predicted molar refractivity (Wildman–Crippen MR) is 336 cm³/mol. The Kier molecular flexibility index (Phi) is 12.5. The summed E-state index contributed by atoms with van der Waals surface area (Å²) in [6.45, 7) is 6.24. The first-order chi connectivity index (χ1) is 42.3. The van der Waals surface area contributed by atoms with E-state index in [1.165, 1.54) is 12.2 Å². The van der Waals surface area contributed by atoms with Gasteiger partial charge in [-0.05, 0) is 158 Å². The zero-order valence-corrected chi connectivity index (χ0v) is 47.6. The summed E-state index contributed by atoms with van der Waals surface area (Å²) in [7, 11) is 0. The van der Waals surface area contributed by atoms with Gasteiger partial charge in [0.25, 0.3) is 11.8 Å². The number of anilines is 1. The van der Waals surface area contributed by atoms with Crippen LogP contribution in [0.3, 0.4) is 0 Å². The first kappa shape index (κ1) is 52.7. The minimum Gasteiger partial charge on any atom is -0.374 e. The number of fused-ring (bicyclic) bond motifs is 14. The topological polar surface area (TPSA) is 182 Å². The third-order valence-electron chi connectivity index (χ3n) is 17.7. The van der Waals surface area contributed by atoms with E-state index >= 15 is 0 Å². The lowest BCUT2D eigenvalue weighted by molar-refractivity contribution is -0.115. The second-order valence-electron chi connectivity index (χ2n) is 23.2. The van der Waals surface area contributed by atoms with E-state index in [0.29, 0.717) is 51.1 Å². The van der Waals surface area contributed by atoms with Gasteiger partial charge in [0, 0.05) is 119 Å². The second kappa shape index (κ2) is 20.6. The average molecular weight is 1140 g/mol. The van der Waals surface area contributed by atoms with Gasteiger partial charge in [0.15, 0.2) is 23.1 Å². The van der Waals surface area contributed by atoms with Crippen LogP contribution >= 0.6 is 0 Å². The number of benzene rings is 6. The molecule has 0 radical (unpaired) electrons. The summed E-state index contributed by atoms with van der Waals surface area (Å²) in [5.74, 6) is -2.87. The minimum atomic E-state index is -0.588. The molecule has 8 aromatic rings. The number of ketones is 4. The Bertz CT molecular complexity index is 4820. The van der Waals surface area contributed by atoms with Crippen molar-refractivity contribution in [2.75, 3.05) is 5.32 Å². The Morgan fingerprint density at radius 1 is 0.494 bits per heavy atom. The van der Waals surface area contributed by atoms with Crippen LogP contribution in [-0.2, 0) is 16.1 Å². The normalized spacial score (nSPS) is 21.7. The molecule has 10 bridgehead atoms. The number of nitrogens with zero attached hydrogens (tertiary/aromatic N) is 1. The summed E-state index contributed by atoms with van der Waals surface area (Å²) in [4.78, 5) is 94.8. The molecule has 2 amide bonds. The van der Waals surface area contributed by atoms with Crippen LogP contribution in [0.4, 0.5) is 5.69 Å². The third-order valence-corrected chi connectivity index (χ3v) is 17.7. The number of Topliss-reactive ketones (excluding diaryl/α,β-unsaturated/α-hetero) is 2. The number of hydrogen-bond acceptors (Lipinski definition) is 8. The number of allylic oxidation sites excluding steroid dienone is 9. The molecule has 0 fully saturated rings. The Morgan fingerprint density at radius 2 is 1.05 bits per heavy atom. The molecule has 3 atom stereocenters. The van der Waals surface area contributed by atoms with Gasteiger partial charge in [-0.1, -0.05) is 114 Å².